The summed E-state index contributed by atoms with van der Waals surface area (Å²) in [6.07, 6.45) is 1.65. The van der Waals surface area contributed by atoms with Crippen molar-refractivity contribution in [1.82, 2.24) is 0 Å². The highest BCUT2D eigenvalue weighted by molar-refractivity contribution is 5.62. The number of hydrogen-bond donors (Lipinski definition) is 1. The van der Waals surface area contributed by atoms with E-state index in [1.54, 1.807) is 18.2 Å². The van der Waals surface area contributed by atoms with Gasteiger partial charge in [-0.05, 0) is 11.6 Å². The summed E-state index contributed by atoms with van der Waals surface area (Å²) >= 11 is 0. The SMILES string of the molecule is C=CCOC(=O)OCCc1ccccc1NOC(=O)OCC=C. The number of benzene rings is 1. The molecule has 0 heterocycles. The van der Waals surface area contributed by atoms with Crippen molar-refractivity contribution >= 4 is 18.0 Å². The van der Waals surface area contributed by atoms with Gasteiger partial charge in [0, 0.05) is 6.42 Å². The van der Waals surface area contributed by atoms with Crippen molar-refractivity contribution in [3.05, 3.63) is 55.1 Å². The van der Waals surface area contributed by atoms with E-state index >= 15 is 0 Å². The van der Waals surface area contributed by atoms with Crippen LogP contribution in [0, 0.1) is 0 Å². The number of anilines is 1. The standard InChI is InChI=1S/C16H19NO6/c1-3-10-20-15(18)22-12-9-13-7-5-6-8-14(13)17-23-16(19)21-11-4-2/h3-8,17H,1-2,9-12H2. The molecule has 0 aliphatic rings. The second-order valence-corrected chi connectivity index (χ2v) is 4.16. The largest absolute Gasteiger partial charge is 0.533 e. The van der Waals surface area contributed by atoms with Crippen LogP contribution in [-0.2, 0) is 25.5 Å². The number of ether oxygens (including phenoxy) is 3. The van der Waals surface area contributed by atoms with Crippen LogP contribution in [0.2, 0.25) is 0 Å². The number of carbonyl (C=O) groups excluding carboxylic acids is 2. The van der Waals surface area contributed by atoms with E-state index in [0.29, 0.717) is 12.1 Å². The van der Waals surface area contributed by atoms with E-state index in [1.165, 1.54) is 12.2 Å². The summed E-state index contributed by atoms with van der Waals surface area (Å²) in [5.41, 5.74) is 3.85. The molecule has 1 aromatic carbocycles. The molecule has 0 bridgehead atoms. The van der Waals surface area contributed by atoms with E-state index < -0.39 is 12.3 Å². The smallest absolute Gasteiger partial charge is 0.434 e. The van der Waals surface area contributed by atoms with Crippen LogP contribution in [0.4, 0.5) is 15.3 Å². The molecule has 0 spiro atoms. The molecule has 1 rings (SSSR count). The average molecular weight is 321 g/mol. The molecule has 0 saturated carbocycles. The first-order chi connectivity index (χ1) is 11.2. The van der Waals surface area contributed by atoms with Crippen LogP contribution in [0.3, 0.4) is 0 Å². The van der Waals surface area contributed by atoms with Crippen molar-refractivity contribution in [1.29, 1.82) is 0 Å². The molecule has 0 saturated heterocycles. The maximum Gasteiger partial charge on any atom is 0.533 e. The Balaban J connectivity index is 2.44. The van der Waals surface area contributed by atoms with Gasteiger partial charge in [0.1, 0.15) is 13.2 Å². The first-order valence-corrected chi connectivity index (χ1v) is 6.86. The minimum Gasteiger partial charge on any atom is -0.434 e. The predicted molar refractivity (Wildman–Crippen MR) is 83.9 cm³/mol. The summed E-state index contributed by atoms with van der Waals surface area (Å²) in [5.74, 6) is 0. The van der Waals surface area contributed by atoms with Crippen molar-refractivity contribution in [3.63, 3.8) is 0 Å². The van der Waals surface area contributed by atoms with Crippen LogP contribution < -0.4 is 5.48 Å². The molecule has 124 valence electrons. The van der Waals surface area contributed by atoms with Gasteiger partial charge in [-0.1, -0.05) is 43.5 Å². The van der Waals surface area contributed by atoms with Crippen LogP contribution in [0.5, 0.6) is 0 Å². The molecule has 23 heavy (non-hydrogen) atoms. The molecule has 0 aliphatic carbocycles. The lowest BCUT2D eigenvalue weighted by atomic mass is 10.1. The Bertz CT molecular complexity index is 543. The summed E-state index contributed by atoms with van der Waals surface area (Å²) in [4.78, 5) is 27.2. The van der Waals surface area contributed by atoms with Gasteiger partial charge in [-0.15, -0.1) is 0 Å². The molecule has 1 N–H and O–H groups in total. The van der Waals surface area contributed by atoms with Crippen LogP contribution in [0.15, 0.2) is 49.6 Å². The second-order valence-electron chi connectivity index (χ2n) is 4.16. The van der Waals surface area contributed by atoms with Crippen LogP contribution in [-0.4, -0.2) is 32.1 Å². The fourth-order valence-electron chi connectivity index (χ4n) is 1.50. The normalized spacial score (nSPS) is 9.39. The Kier molecular flexibility index (Phi) is 8.43. The van der Waals surface area contributed by atoms with E-state index in [4.69, 9.17) is 9.57 Å². The maximum atomic E-state index is 11.2. The quantitative estimate of drug-likeness (QED) is 0.424. The summed E-state index contributed by atoms with van der Waals surface area (Å²) in [5, 5.41) is 0. The number of rotatable bonds is 9. The number of para-hydroxylation sites is 1. The third-order valence-corrected chi connectivity index (χ3v) is 2.49. The lowest BCUT2D eigenvalue weighted by Gasteiger charge is -2.11. The highest BCUT2D eigenvalue weighted by atomic mass is 16.8. The molecular weight excluding hydrogens is 302 g/mol. The fraction of sp³-hybridized carbons (Fsp3) is 0.250. The molecule has 0 radical (unpaired) electrons. The van der Waals surface area contributed by atoms with Gasteiger partial charge in [0.15, 0.2) is 0 Å². The third-order valence-electron chi connectivity index (χ3n) is 2.49. The van der Waals surface area contributed by atoms with Crippen molar-refractivity contribution in [3.8, 4) is 0 Å². The molecule has 0 aliphatic heterocycles. The van der Waals surface area contributed by atoms with Gasteiger partial charge in [-0.2, -0.15) is 0 Å². The molecular formula is C16H19NO6. The van der Waals surface area contributed by atoms with Crippen LogP contribution >= 0.6 is 0 Å². The molecule has 0 amide bonds. The van der Waals surface area contributed by atoms with E-state index in [2.05, 4.69) is 28.1 Å². The minimum absolute atomic E-state index is 0.0584. The van der Waals surface area contributed by atoms with Crippen molar-refractivity contribution < 1.29 is 28.6 Å². The van der Waals surface area contributed by atoms with Gasteiger partial charge >= 0.3 is 12.3 Å². The number of carbonyl (C=O) groups is 2. The van der Waals surface area contributed by atoms with E-state index in [9.17, 15) is 9.59 Å². The van der Waals surface area contributed by atoms with Gasteiger partial charge in [0.25, 0.3) is 0 Å². The molecule has 0 atom stereocenters. The lowest BCUT2D eigenvalue weighted by molar-refractivity contribution is 0.0642. The molecule has 7 heteroatoms. The lowest BCUT2D eigenvalue weighted by Crippen LogP contribution is -2.14. The Morgan fingerprint density at radius 2 is 1.65 bits per heavy atom. The van der Waals surface area contributed by atoms with Crippen molar-refractivity contribution in [2.24, 2.45) is 0 Å². The van der Waals surface area contributed by atoms with E-state index in [1.807, 2.05) is 6.07 Å². The third kappa shape index (κ3) is 7.56. The topological polar surface area (TPSA) is 83.1 Å². The first kappa shape index (κ1) is 18.1. The maximum absolute atomic E-state index is 11.2. The van der Waals surface area contributed by atoms with E-state index in [0.717, 1.165) is 5.56 Å². The number of nitrogens with one attached hydrogen (secondary N) is 1. The van der Waals surface area contributed by atoms with Gasteiger partial charge in [0.2, 0.25) is 0 Å². The molecule has 0 aromatic heterocycles. The van der Waals surface area contributed by atoms with Gasteiger partial charge in [-0.25, -0.2) is 15.1 Å². The first-order valence-electron chi connectivity index (χ1n) is 6.86. The highest BCUT2D eigenvalue weighted by Gasteiger charge is 2.08. The number of hydrogen-bond acceptors (Lipinski definition) is 7. The highest BCUT2D eigenvalue weighted by Crippen LogP contribution is 2.16. The van der Waals surface area contributed by atoms with Crippen molar-refractivity contribution in [2.75, 3.05) is 25.3 Å². The monoisotopic (exact) mass is 321 g/mol. The van der Waals surface area contributed by atoms with Crippen molar-refractivity contribution in [2.45, 2.75) is 6.42 Å². The Labute approximate surface area is 134 Å². The average Bonchev–Trinajstić information content (AvgIpc) is 2.57. The molecule has 0 fully saturated rings. The Morgan fingerprint density at radius 3 is 2.35 bits per heavy atom. The van der Waals surface area contributed by atoms with Crippen LogP contribution in [0.25, 0.3) is 0 Å². The molecule has 0 unspecified atom stereocenters. The minimum atomic E-state index is -0.871. The van der Waals surface area contributed by atoms with E-state index in [-0.39, 0.29) is 19.8 Å². The zero-order chi connectivity index (χ0) is 16.9. The van der Waals surface area contributed by atoms with Gasteiger partial charge in [-0.3, -0.25) is 0 Å². The molecule has 1 aromatic rings. The zero-order valence-corrected chi connectivity index (χ0v) is 12.7. The Hall–Kier alpha value is -2.96. The fourth-order valence-corrected chi connectivity index (χ4v) is 1.50. The predicted octanol–water partition coefficient (Wildman–Crippen LogP) is 3.23. The summed E-state index contributed by atoms with van der Waals surface area (Å²) in [7, 11) is 0. The second kappa shape index (κ2) is 10.7. The van der Waals surface area contributed by atoms with Gasteiger partial charge < -0.3 is 19.0 Å². The van der Waals surface area contributed by atoms with Gasteiger partial charge in [0.05, 0.1) is 12.3 Å². The zero-order valence-electron chi connectivity index (χ0n) is 12.7. The molecule has 7 nitrogen and oxygen atoms in total. The summed E-state index contributed by atoms with van der Waals surface area (Å²) < 4.78 is 14.3. The Morgan fingerprint density at radius 1 is 1.00 bits per heavy atom. The summed E-state index contributed by atoms with van der Waals surface area (Å²) in [6.45, 7) is 7.12. The summed E-state index contributed by atoms with van der Waals surface area (Å²) in [6, 6.07) is 7.10. The van der Waals surface area contributed by atoms with Crippen LogP contribution in [0.1, 0.15) is 5.56 Å².